The number of hydrogen-bond acceptors (Lipinski definition) is 12. The Morgan fingerprint density at radius 2 is 1.80 bits per heavy atom. The molecule has 49 heavy (non-hydrogen) atoms. The third kappa shape index (κ3) is 11.0. The molecule has 1 aliphatic heterocycles. The number of tetrazole rings is 1. The first-order valence-electron chi connectivity index (χ1n) is 15.5. The molecule has 0 bridgehead atoms. The van der Waals surface area contributed by atoms with E-state index in [4.69, 9.17) is 9.47 Å². The molecule has 3 rings (SSSR count). The van der Waals surface area contributed by atoms with Crippen LogP contribution >= 0.6 is 0 Å². The summed E-state index contributed by atoms with van der Waals surface area (Å²) in [6.45, 7) is 7.31. The largest absolute Gasteiger partial charge is 0.465 e. The van der Waals surface area contributed by atoms with E-state index in [1.54, 1.807) is 65.0 Å². The van der Waals surface area contributed by atoms with Gasteiger partial charge >= 0.3 is 24.2 Å². The van der Waals surface area contributed by atoms with Crippen molar-refractivity contribution in [2.45, 2.75) is 90.8 Å². The molecular weight excluding hydrogens is 646 g/mol. The van der Waals surface area contributed by atoms with Gasteiger partial charge < -0.3 is 30.5 Å². The molecule has 1 fully saturated rings. The number of urea groups is 1. The lowest BCUT2D eigenvalue weighted by molar-refractivity contribution is -0.146. The summed E-state index contributed by atoms with van der Waals surface area (Å²) in [4.78, 5) is 92.1. The first-order valence-corrected chi connectivity index (χ1v) is 15.5. The maximum atomic E-state index is 14.1. The average Bonchev–Trinajstić information content (AvgIpc) is 3.70. The van der Waals surface area contributed by atoms with Gasteiger partial charge in [-0.25, -0.2) is 24.2 Å². The minimum Gasteiger partial charge on any atom is -0.465 e. The molecule has 2 heterocycles. The fourth-order valence-electron chi connectivity index (χ4n) is 4.64. The molecule has 4 atom stereocenters. The normalized spacial score (nSPS) is 16.3. The number of carboxylic acid groups (broad SMARTS) is 1. The SMILES string of the molecule is CC[C@H](C)[C@H](NC(=O)OC(C)(C)C)C(=O)NC(CCC(=O)OCc1ccccc1)C(=O)N1C(=O)N(C(=O)O)CC1C(=O)NCc1nn[nH]n1. The van der Waals surface area contributed by atoms with Gasteiger partial charge in [0.05, 0.1) is 13.1 Å². The van der Waals surface area contributed by atoms with Crippen molar-refractivity contribution in [1.29, 1.82) is 0 Å². The Labute approximate surface area is 281 Å². The number of ether oxygens (including phenoxy) is 2. The van der Waals surface area contributed by atoms with E-state index in [9.17, 15) is 38.7 Å². The Bertz CT molecular complexity index is 1500. The Kier molecular flexibility index (Phi) is 13.1. The van der Waals surface area contributed by atoms with E-state index < -0.39 is 90.9 Å². The highest BCUT2D eigenvalue weighted by Crippen LogP contribution is 2.21. The van der Waals surface area contributed by atoms with Crippen molar-refractivity contribution in [3.05, 3.63) is 41.7 Å². The average molecular weight is 688 g/mol. The van der Waals surface area contributed by atoms with E-state index in [0.29, 0.717) is 16.9 Å². The van der Waals surface area contributed by atoms with E-state index in [1.807, 2.05) is 0 Å². The zero-order valence-corrected chi connectivity index (χ0v) is 27.8. The number of alkyl carbamates (subject to hydrolysis) is 1. The zero-order valence-electron chi connectivity index (χ0n) is 27.8. The molecule has 1 saturated heterocycles. The Morgan fingerprint density at radius 1 is 1.10 bits per heavy atom. The monoisotopic (exact) mass is 687 g/mol. The fraction of sp³-hybridized carbons (Fsp3) is 0.533. The Hall–Kier alpha value is -5.62. The smallest absolute Gasteiger partial charge is 0.415 e. The van der Waals surface area contributed by atoms with E-state index in [2.05, 4.69) is 36.6 Å². The van der Waals surface area contributed by atoms with Crippen LogP contribution in [0.25, 0.3) is 0 Å². The van der Waals surface area contributed by atoms with Crippen molar-refractivity contribution in [3.63, 3.8) is 0 Å². The molecule has 19 nitrogen and oxygen atoms in total. The highest BCUT2D eigenvalue weighted by molar-refractivity contribution is 6.08. The maximum Gasteiger partial charge on any atom is 0.415 e. The number of aromatic nitrogens is 4. The Balaban J connectivity index is 1.88. The van der Waals surface area contributed by atoms with Crippen LogP contribution in [0.2, 0.25) is 0 Å². The first-order chi connectivity index (χ1) is 23.1. The second kappa shape index (κ2) is 17.0. The van der Waals surface area contributed by atoms with Gasteiger partial charge in [0.2, 0.25) is 11.8 Å². The highest BCUT2D eigenvalue weighted by atomic mass is 16.6. The van der Waals surface area contributed by atoms with Crippen molar-refractivity contribution in [3.8, 4) is 0 Å². The van der Waals surface area contributed by atoms with E-state index in [1.165, 1.54) is 0 Å². The molecule has 1 aromatic carbocycles. The molecule has 2 aromatic rings. The number of imide groups is 2. The van der Waals surface area contributed by atoms with Gasteiger partial charge in [-0.2, -0.15) is 5.21 Å². The molecule has 0 radical (unpaired) electrons. The lowest BCUT2D eigenvalue weighted by Crippen LogP contribution is -2.59. The topological polar surface area (TPSA) is 255 Å². The van der Waals surface area contributed by atoms with Crippen molar-refractivity contribution in [2.75, 3.05) is 6.54 Å². The quantitative estimate of drug-likeness (QED) is 0.174. The molecule has 2 unspecified atom stereocenters. The molecule has 0 aliphatic carbocycles. The second-order valence-electron chi connectivity index (χ2n) is 12.2. The van der Waals surface area contributed by atoms with Crippen LogP contribution in [0.15, 0.2) is 30.3 Å². The van der Waals surface area contributed by atoms with Gasteiger partial charge in [0.15, 0.2) is 5.82 Å². The summed E-state index contributed by atoms with van der Waals surface area (Å²) in [6.07, 6.45) is -3.04. The lowest BCUT2D eigenvalue weighted by Gasteiger charge is -2.29. The molecule has 19 heteroatoms. The van der Waals surface area contributed by atoms with Gasteiger partial charge in [-0.1, -0.05) is 55.8 Å². The minimum atomic E-state index is -1.72. The van der Waals surface area contributed by atoms with Crippen LogP contribution in [0, 0.1) is 5.92 Å². The lowest BCUT2D eigenvalue weighted by atomic mass is 9.97. The number of hydrogen-bond donors (Lipinski definition) is 5. The van der Waals surface area contributed by atoms with Crippen LogP contribution < -0.4 is 16.0 Å². The zero-order chi connectivity index (χ0) is 36.3. The molecule has 0 saturated carbocycles. The molecule has 1 aromatic heterocycles. The summed E-state index contributed by atoms with van der Waals surface area (Å²) in [6, 6.07) is 2.92. The van der Waals surface area contributed by atoms with E-state index in [0.717, 1.165) is 0 Å². The molecule has 266 valence electrons. The number of aromatic amines is 1. The van der Waals surface area contributed by atoms with Crippen LogP contribution in [0.5, 0.6) is 0 Å². The van der Waals surface area contributed by atoms with Gasteiger partial charge in [-0.3, -0.25) is 19.2 Å². The number of carbonyl (C=O) groups excluding carboxylic acids is 6. The van der Waals surface area contributed by atoms with Crippen LogP contribution in [-0.2, 0) is 41.8 Å². The number of benzene rings is 1. The number of nitrogens with zero attached hydrogens (tertiary/aromatic N) is 5. The summed E-state index contributed by atoms with van der Waals surface area (Å²) in [5, 5.41) is 30.0. The molecule has 5 N–H and O–H groups in total. The molecule has 1 aliphatic rings. The third-order valence-corrected chi connectivity index (χ3v) is 7.35. The van der Waals surface area contributed by atoms with E-state index in [-0.39, 0.29) is 23.9 Å². The predicted octanol–water partition coefficient (Wildman–Crippen LogP) is 1.07. The van der Waals surface area contributed by atoms with Crippen molar-refractivity contribution < 1.29 is 48.1 Å². The number of rotatable bonds is 14. The van der Waals surface area contributed by atoms with Gasteiger partial charge in [0.1, 0.15) is 30.3 Å². The Morgan fingerprint density at radius 3 is 2.39 bits per heavy atom. The standard InChI is InChI=1S/C30H41N9O10/c1-6-17(2)23(33-27(44)49-30(3,4)5)25(42)32-19(12-13-22(40)48-16-18-10-8-7-9-11-18)26(43)39-20(15-38(28(39)45)29(46)47)24(41)31-14-21-34-36-37-35-21/h7-11,17,19-20,23H,6,12-16H2,1-5H3,(H,31,41)(H,32,42)(H,33,44)(H,46,47)(H,34,35,36,37)/t17-,19?,20?,23-/m0/s1. The van der Waals surface area contributed by atoms with Gasteiger partial charge in [-0.05, 0) is 38.7 Å². The summed E-state index contributed by atoms with van der Waals surface area (Å²) in [5.41, 5.74) is -0.183. The second-order valence-corrected chi connectivity index (χ2v) is 12.2. The van der Waals surface area contributed by atoms with Crippen molar-refractivity contribution >= 4 is 41.9 Å². The fourth-order valence-corrected chi connectivity index (χ4v) is 4.64. The van der Waals surface area contributed by atoms with Gasteiger partial charge in [0, 0.05) is 6.42 Å². The van der Waals surface area contributed by atoms with Crippen LogP contribution in [0.1, 0.15) is 65.3 Å². The minimum absolute atomic E-state index is 0.0679. The first kappa shape index (κ1) is 37.8. The third-order valence-electron chi connectivity index (χ3n) is 7.35. The van der Waals surface area contributed by atoms with Crippen molar-refractivity contribution in [1.82, 2.24) is 46.4 Å². The van der Waals surface area contributed by atoms with Gasteiger partial charge in [0.25, 0.3) is 5.91 Å². The molecular formula is C30H41N9O10. The number of H-pyrrole nitrogens is 1. The number of nitrogens with one attached hydrogen (secondary N) is 4. The maximum absolute atomic E-state index is 14.1. The highest BCUT2D eigenvalue weighted by Gasteiger charge is 2.49. The van der Waals surface area contributed by atoms with Gasteiger partial charge in [-0.15, -0.1) is 10.2 Å². The summed E-state index contributed by atoms with van der Waals surface area (Å²) < 4.78 is 10.6. The predicted molar refractivity (Wildman–Crippen MR) is 167 cm³/mol. The molecule has 0 spiro atoms. The molecule has 7 amide bonds. The summed E-state index contributed by atoms with van der Waals surface area (Å²) in [7, 11) is 0. The number of esters is 1. The summed E-state index contributed by atoms with van der Waals surface area (Å²) >= 11 is 0. The number of amides is 7. The van der Waals surface area contributed by atoms with Crippen LogP contribution in [-0.4, -0.2) is 108 Å². The van der Waals surface area contributed by atoms with Crippen molar-refractivity contribution in [2.24, 2.45) is 5.92 Å². The number of carbonyl (C=O) groups is 7. The van der Waals surface area contributed by atoms with E-state index >= 15 is 0 Å². The van der Waals surface area contributed by atoms with Crippen LogP contribution in [0.3, 0.4) is 0 Å². The summed E-state index contributed by atoms with van der Waals surface area (Å²) in [5.74, 6) is -4.09. The van der Waals surface area contributed by atoms with Crippen LogP contribution in [0.4, 0.5) is 14.4 Å².